The summed E-state index contributed by atoms with van der Waals surface area (Å²) in [6, 6.07) is 8.76. The van der Waals surface area contributed by atoms with Crippen molar-refractivity contribution in [3.63, 3.8) is 0 Å². The molecule has 4 aromatic rings. The standard InChI is InChI=1S/C25H20F2N4O3/c1-30-9-18-16(4-5-23(24(18)29-30)34-15-12-33-13-15)14-7-20(26)19(21(27)8-14)10-31-11-22-17(25(31)32)3-2-6-28-22/h2-9,15H,10-13H2,1H3/i11D2. The topological polar surface area (TPSA) is 69.5 Å². The smallest absolute Gasteiger partial charge is 0.256 e. The van der Waals surface area contributed by atoms with Crippen molar-refractivity contribution in [3.05, 3.63) is 77.2 Å². The maximum Gasteiger partial charge on any atom is 0.256 e. The van der Waals surface area contributed by atoms with Gasteiger partial charge >= 0.3 is 0 Å². The van der Waals surface area contributed by atoms with E-state index in [2.05, 4.69) is 10.1 Å². The van der Waals surface area contributed by atoms with Gasteiger partial charge in [0.05, 0.1) is 40.3 Å². The van der Waals surface area contributed by atoms with E-state index >= 15 is 8.78 Å². The summed E-state index contributed by atoms with van der Waals surface area (Å²) < 4.78 is 60.0. The first-order valence-corrected chi connectivity index (χ1v) is 10.7. The molecule has 0 unspecified atom stereocenters. The number of aryl methyl sites for hydroxylation is 1. The van der Waals surface area contributed by atoms with Crippen molar-refractivity contribution in [1.82, 2.24) is 19.7 Å². The van der Waals surface area contributed by atoms with Crippen LogP contribution in [0.3, 0.4) is 0 Å². The molecule has 0 bridgehead atoms. The third-order valence-corrected chi connectivity index (χ3v) is 5.95. The van der Waals surface area contributed by atoms with E-state index < -0.39 is 36.1 Å². The molecule has 0 aliphatic carbocycles. The minimum absolute atomic E-state index is 0.0638. The zero-order valence-corrected chi connectivity index (χ0v) is 18.1. The van der Waals surface area contributed by atoms with Gasteiger partial charge in [0.2, 0.25) is 0 Å². The van der Waals surface area contributed by atoms with Gasteiger partial charge in [-0.25, -0.2) is 8.78 Å². The number of rotatable bonds is 5. The first-order valence-electron chi connectivity index (χ1n) is 11.7. The lowest BCUT2D eigenvalue weighted by molar-refractivity contribution is -0.0791. The molecule has 0 radical (unpaired) electrons. The van der Waals surface area contributed by atoms with Crippen LogP contribution in [0, 0.1) is 11.6 Å². The molecule has 0 N–H and O–H groups in total. The molecule has 0 saturated carbocycles. The molecule has 34 heavy (non-hydrogen) atoms. The fourth-order valence-corrected chi connectivity index (χ4v) is 4.17. The zero-order valence-electron chi connectivity index (χ0n) is 20.1. The number of nitrogens with zero attached hydrogens (tertiary/aromatic N) is 4. The Morgan fingerprint density at radius 2 is 2.00 bits per heavy atom. The van der Waals surface area contributed by atoms with Gasteiger partial charge in [-0.3, -0.25) is 14.5 Å². The quantitative estimate of drug-likeness (QED) is 0.449. The summed E-state index contributed by atoms with van der Waals surface area (Å²) in [6.45, 7) is -1.90. The van der Waals surface area contributed by atoms with Crippen LogP contribution in [0.25, 0.3) is 22.0 Å². The van der Waals surface area contributed by atoms with Gasteiger partial charge in [-0.05, 0) is 47.5 Å². The Labute approximate surface area is 196 Å². The second-order valence-corrected chi connectivity index (χ2v) is 8.27. The highest BCUT2D eigenvalue weighted by atomic mass is 19.1. The fourth-order valence-electron chi connectivity index (χ4n) is 4.17. The predicted molar refractivity (Wildman–Crippen MR) is 119 cm³/mol. The van der Waals surface area contributed by atoms with Gasteiger partial charge in [0.25, 0.3) is 5.91 Å². The van der Waals surface area contributed by atoms with Gasteiger partial charge in [0.15, 0.2) is 0 Å². The lowest BCUT2D eigenvalue weighted by atomic mass is 9.99. The number of hydrogen-bond acceptors (Lipinski definition) is 5. The molecule has 1 amide bonds. The number of benzene rings is 2. The molecule has 7 nitrogen and oxygen atoms in total. The van der Waals surface area contributed by atoms with Crippen molar-refractivity contribution in [3.8, 4) is 16.9 Å². The predicted octanol–water partition coefficient (Wildman–Crippen LogP) is 3.85. The second-order valence-electron chi connectivity index (χ2n) is 8.27. The van der Waals surface area contributed by atoms with Gasteiger partial charge in [-0.2, -0.15) is 5.10 Å². The molecule has 2 aliphatic heterocycles. The Morgan fingerprint density at radius 1 is 1.21 bits per heavy atom. The number of halogens is 2. The van der Waals surface area contributed by atoms with Crippen LogP contribution in [0.5, 0.6) is 5.75 Å². The van der Waals surface area contributed by atoms with Crippen LogP contribution >= 0.6 is 0 Å². The Bertz CT molecular complexity index is 1510. The molecule has 2 aliphatic rings. The lowest BCUT2D eigenvalue weighted by Crippen LogP contribution is -2.38. The SMILES string of the molecule is [2H]C1([2H])c2ncccc2C(=O)N1Cc1c(F)cc(-c2ccc(OC3COC3)c3nn(C)cc23)cc1F. The first-order chi connectivity index (χ1) is 17.2. The van der Waals surface area contributed by atoms with Crippen LogP contribution in [0.2, 0.25) is 0 Å². The normalized spacial score (nSPS) is 18.0. The monoisotopic (exact) mass is 464 g/mol. The summed E-state index contributed by atoms with van der Waals surface area (Å²) in [6.07, 6.45) is 3.06. The van der Waals surface area contributed by atoms with Crippen LogP contribution < -0.4 is 4.74 Å². The summed E-state index contributed by atoms with van der Waals surface area (Å²) in [7, 11) is 1.75. The van der Waals surface area contributed by atoms with Gasteiger partial charge in [-0.1, -0.05) is 0 Å². The summed E-state index contributed by atoms with van der Waals surface area (Å²) >= 11 is 0. The Morgan fingerprint density at radius 3 is 2.71 bits per heavy atom. The molecule has 4 heterocycles. The van der Waals surface area contributed by atoms with Crippen LogP contribution in [0.15, 0.2) is 48.8 Å². The molecule has 2 aromatic heterocycles. The average molecular weight is 464 g/mol. The van der Waals surface area contributed by atoms with Crippen molar-refractivity contribution in [2.24, 2.45) is 7.05 Å². The maximum absolute atomic E-state index is 15.3. The van der Waals surface area contributed by atoms with Gasteiger partial charge in [0, 0.05) is 30.4 Å². The summed E-state index contributed by atoms with van der Waals surface area (Å²) in [5, 5.41) is 5.12. The Kier molecular flexibility index (Phi) is 4.30. The molecule has 0 spiro atoms. The number of pyridine rings is 1. The van der Waals surface area contributed by atoms with E-state index in [1.54, 1.807) is 30.1 Å². The third-order valence-electron chi connectivity index (χ3n) is 5.95. The van der Waals surface area contributed by atoms with Crippen LogP contribution in [0.4, 0.5) is 8.78 Å². The number of fused-ring (bicyclic) bond motifs is 2. The van der Waals surface area contributed by atoms with Gasteiger partial charge in [0.1, 0.15) is 29.0 Å². The third kappa shape index (κ3) is 3.40. The molecular weight excluding hydrogens is 442 g/mol. The van der Waals surface area contributed by atoms with Crippen LogP contribution in [0.1, 0.15) is 24.4 Å². The van der Waals surface area contributed by atoms with Crippen LogP contribution in [-0.2, 0) is 24.8 Å². The van der Waals surface area contributed by atoms with E-state index in [1.807, 2.05) is 0 Å². The first kappa shape index (κ1) is 18.6. The highest BCUT2D eigenvalue weighted by Crippen LogP contribution is 2.36. The van der Waals surface area contributed by atoms with E-state index in [1.165, 1.54) is 30.5 Å². The number of carbonyl (C=O) groups excluding carboxylic acids is 1. The Balaban J connectivity index is 1.36. The van der Waals surface area contributed by atoms with Crippen molar-refractivity contribution in [1.29, 1.82) is 0 Å². The molecule has 6 rings (SSSR count). The van der Waals surface area contributed by atoms with Crippen molar-refractivity contribution < 1.29 is 25.8 Å². The number of hydrogen-bond donors (Lipinski definition) is 0. The fraction of sp³-hybridized carbons (Fsp3) is 0.240. The summed E-state index contributed by atoms with van der Waals surface area (Å²) in [5.74, 6) is -1.89. The van der Waals surface area contributed by atoms with Gasteiger partial charge < -0.3 is 14.4 Å². The molecule has 2 aromatic carbocycles. The second kappa shape index (κ2) is 7.88. The van der Waals surface area contributed by atoms with E-state index in [-0.39, 0.29) is 22.9 Å². The molecule has 1 saturated heterocycles. The van der Waals surface area contributed by atoms with E-state index in [4.69, 9.17) is 12.2 Å². The zero-order chi connectivity index (χ0) is 25.2. The summed E-state index contributed by atoms with van der Waals surface area (Å²) in [4.78, 5) is 17.5. The molecule has 0 atom stereocenters. The minimum Gasteiger partial charge on any atom is -0.483 e. The van der Waals surface area contributed by atoms with Crippen molar-refractivity contribution in [2.75, 3.05) is 13.2 Å². The van der Waals surface area contributed by atoms with Crippen molar-refractivity contribution >= 4 is 16.8 Å². The number of amides is 1. The summed E-state index contributed by atoms with van der Waals surface area (Å²) in [5.41, 5.74) is 1.01. The largest absolute Gasteiger partial charge is 0.483 e. The van der Waals surface area contributed by atoms with E-state index in [0.717, 1.165) is 4.90 Å². The number of ether oxygens (including phenoxy) is 2. The average Bonchev–Trinajstić information content (AvgIpc) is 3.29. The van der Waals surface area contributed by atoms with Crippen LogP contribution in [-0.4, -0.2) is 44.9 Å². The molecule has 172 valence electrons. The van der Waals surface area contributed by atoms with Gasteiger partial charge in [-0.15, -0.1) is 0 Å². The highest BCUT2D eigenvalue weighted by Gasteiger charge is 2.30. The minimum atomic E-state index is -2.30. The number of carbonyl (C=O) groups is 1. The highest BCUT2D eigenvalue weighted by molar-refractivity contribution is 5.98. The molecular formula is C25H20F2N4O3. The maximum atomic E-state index is 15.3. The van der Waals surface area contributed by atoms with Crippen molar-refractivity contribution in [2.45, 2.75) is 19.1 Å². The van der Waals surface area contributed by atoms with E-state index in [9.17, 15) is 4.79 Å². The number of aromatic nitrogens is 3. The Hall–Kier alpha value is -3.85. The molecule has 9 heteroatoms. The van der Waals surface area contributed by atoms with E-state index in [0.29, 0.717) is 35.4 Å². The molecule has 1 fully saturated rings. The lowest BCUT2D eigenvalue weighted by Gasteiger charge is -2.26.